The predicted molar refractivity (Wildman–Crippen MR) is 145 cm³/mol. The van der Waals surface area contributed by atoms with Crippen molar-refractivity contribution in [3.63, 3.8) is 0 Å². The Morgan fingerprint density at radius 2 is 0.538 bits per heavy atom. The fraction of sp³-hybridized carbons (Fsp3) is 0.800. The lowest BCUT2D eigenvalue weighted by molar-refractivity contribution is -0.147. The molecule has 0 aliphatic carbocycles. The van der Waals surface area contributed by atoms with E-state index in [9.17, 15) is 28.8 Å². The summed E-state index contributed by atoms with van der Waals surface area (Å²) in [6.07, 6.45) is 12.7. The summed E-state index contributed by atoms with van der Waals surface area (Å²) >= 11 is 0. The largest absolute Gasteiger partial charge is 0.465 e. The van der Waals surface area contributed by atoms with E-state index in [1.165, 1.54) is 0 Å². The second kappa shape index (κ2) is 23.3. The number of carbonyl (C=O) groups is 6. The molecule has 39 heavy (non-hydrogen) atoms. The second-order valence-electron chi connectivity index (χ2n) is 10.4. The third-order valence-corrected chi connectivity index (χ3v) is 6.61. The van der Waals surface area contributed by atoms with Gasteiger partial charge in [0.2, 0.25) is 0 Å². The van der Waals surface area contributed by atoms with Crippen LogP contribution in [0.1, 0.15) is 135 Å². The number of hydrogen-bond donors (Lipinski definition) is 0. The monoisotopic (exact) mass is 552 g/mol. The number of Topliss-reactive ketones (excluding diaryl/α,β-unsaturated/α-hetero) is 3. The van der Waals surface area contributed by atoms with E-state index in [4.69, 9.17) is 14.2 Å². The molecular weight excluding hydrogens is 504 g/mol. The van der Waals surface area contributed by atoms with Gasteiger partial charge in [0.05, 0.1) is 19.8 Å². The summed E-state index contributed by atoms with van der Waals surface area (Å²) in [5, 5.41) is 0. The minimum absolute atomic E-state index is 0.117. The van der Waals surface area contributed by atoms with Gasteiger partial charge in [0, 0.05) is 19.3 Å². The number of hydrogen-bond acceptors (Lipinski definition) is 9. The fourth-order valence-corrected chi connectivity index (χ4v) is 4.32. The Morgan fingerprint density at radius 1 is 0.308 bits per heavy atom. The Bertz CT molecular complexity index is 600. The molecule has 1 aliphatic heterocycles. The summed E-state index contributed by atoms with van der Waals surface area (Å²) in [7, 11) is 0. The Kier molecular flexibility index (Phi) is 20.6. The normalized spacial score (nSPS) is 21.8. The molecule has 0 unspecified atom stereocenters. The van der Waals surface area contributed by atoms with Crippen molar-refractivity contribution in [1.29, 1.82) is 0 Å². The van der Waals surface area contributed by atoms with Crippen LogP contribution in [0.3, 0.4) is 0 Å². The minimum Gasteiger partial charge on any atom is -0.465 e. The third kappa shape index (κ3) is 22.0. The van der Waals surface area contributed by atoms with Crippen LogP contribution in [-0.2, 0) is 43.0 Å². The van der Waals surface area contributed by atoms with Crippen molar-refractivity contribution < 1.29 is 43.0 Å². The molecular formula is C30H48O9. The lowest BCUT2D eigenvalue weighted by Gasteiger charge is -2.06. The predicted octanol–water partition coefficient (Wildman–Crippen LogP) is 5.53. The molecule has 9 nitrogen and oxygen atoms in total. The molecule has 0 aromatic carbocycles. The molecule has 0 amide bonds. The molecule has 1 fully saturated rings. The van der Waals surface area contributed by atoms with Crippen LogP contribution >= 0.6 is 0 Å². The molecule has 9 heteroatoms. The van der Waals surface area contributed by atoms with E-state index in [0.717, 1.165) is 57.8 Å². The van der Waals surface area contributed by atoms with Gasteiger partial charge in [-0.15, -0.1) is 0 Å². The van der Waals surface area contributed by atoms with E-state index >= 15 is 0 Å². The van der Waals surface area contributed by atoms with Crippen molar-refractivity contribution in [3.05, 3.63) is 0 Å². The number of ketones is 3. The molecule has 0 saturated carbocycles. The SMILES string of the molecule is O=C1CCCCCCCOC(=O)CC(=O)CCCCCCCOC(=O)CC(=O)CCCCCCCOC(=O)C1. The van der Waals surface area contributed by atoms with Crippen molar-refractivity contribution in [2.45, 2.75) is 135 Å². The van der Waals surface area contributed by atoms with Gasteiger partial charge in [0.15, 0.2) is 0 Å². The van der Waals surface area contributed by atoms with Crippen LogP contribution in [0.25, 0.3) is 0 Å². The number of cyclic esters (lactones) is 3. The van der Waals surface area contributed by atoms with Crippen molar-refractivity contribution in [3.8, 4) is 0 Å². The third-order valence-electron chi connectivity index (χ3n) is 6.61. The van der Waals surface area contributed by atoms with Crippen LogP contribution in [0.5, 0.6) is 0 Å². The summed E-state index contributed by atoms with van der Waals surface area (Å²) < 4.78 is 15.4. The highest BCUT2D eigenvalue weighted by Gasteiger charge is 2.13. The molecule has 0 N–H and O–H groups in total. The second-order valence-corrected chi connectivity index (χ2v) is 10.4. The van der Waals surface area contributed by atoms with Gasteiger partial charge >= 0.3 is 17.9 Å². The van der Waals surface area contributed by atoms with E-state index < -0.39 is 17.9 Å². The van der Waals surface area contributed by atoms with Crippen molar-refractivity contribution in [1.82, 2.24) is 0 Å². The van der Waals surface area contributed by atoms with Crippen LogP contribution in [0.2, 0.25) is 0 Å². The molecule has 0 spiro atoms. The van der Waals surface area contributed by atoms with Crippen LogP contribution in [0.4, 0.5) is 0 Å². The molecule has 0 aromatic heterocycles. The molecule has 0 aromatic rings. The zero-order chi connectivity index (χ0) is 28.6. The molecule has 1 saturated heterocycles. The van der Waals surface area contributed by atoms with Crippen LogP contribution in [0.15, 0.2) is 0 Å². The fourth-order valence-electron chi connectivity index (χ4n) is 4.32. The van der Waals surface area contributed by atoms with Crippen LogP contribution in [-0.4, -0.2) is 55.1 Å². The number of esters is 3. The average molecular weight is 553 g/mol. The Balaban J connectivity index is 2.34. The molecule has 0 bridgehead atoms. The first kappa shape index (κ1) is 34.4. The topological polar surface area (TPSA) is 130 Å². The van der Waals surface area contributed by atoms with Crippen molar-refractivity contribution >= 4 is 35.3 Å². The molecule has 1 aliphatic rings. The first-order chi connectivity index (χ1) is 18.9. The van der Waals surface area contributed by atoms with Crippen molar-refractivity contribution in [2.24, 2.45) is 0 Å². The maximum absolute atomic E-state index is 12.0. The minimum atomic E-state index is -0.487. The van der Waals surface area contributed by atoms with Gasteiger partial charge in [-0.2, -0.15) is 0 Å². The first-order valence-corrected chi connectivity index (χ1v) is 14.9. The smallest absolute Gasteiger partial charge is 0.313 e. The van der Waals surface area contributed by atoms with Gasteiger partial charge in [-0.25, -0.2) is 0 Å². The molecule has 0 radical (unpaired) electrons. The van der Waals surface area contributed by atoms with E-state index in [0.29, 0.717) is 57.8 Å². The lowest BCUT2D eigenvalue weighted by atomic mass is 10.1. The van der Waals surface area contributed by atoms with Gasteiger partial charge in [0.25, 0.3) is 0 Å². The van der Waals surface area contributed by atoms with Gasteiger partial charge < -0.3 is 14.2 Å². The molecule has 1 heterocycles. The highest BCUT2D eigenvalue weighted by atomic mass is 16.5. The highest BCUT2D eigenvalue weighted by Crippen LogP contribution is 2.11. The maximum Gasteiger partial charge on any atom is 0.313 e. The number of rotatable bonds is 0. The summed E-state index contributed by atoms with van der Waals surface area (Å²) in [4.78, 5) is 71.3. The highest BCUT2D eigenvalue weighted by molar-refractivity contribution is 5.96. The summed E-state index contributed by atoms with van der Waals surface area (Å²) in [5.74, 6) is -1.81. The molecule has 0 atom stereocenters. The quantitative estimate of drug-likeness (QED) is 0.216. The van der Waals surface area contributed by atoms with Gasteiger partial charge in [0.1, 0.15) is 36.6 Å². The summed E-state index contributed by atoms with van der Waals surface area (Å²) in [6.45, 7) is 0.862. The van der Waals surface area contributed by atoms with E-state index in [1.54, 1.807) is 0 Å². The van der Waals surface area contributed by atoms with Gasteiger partial charge in [-0.05, 0) is 38.5 Å². The molecule has 222 valence electrons. The van der Waals surface area contributed by atoms with Gasteiger partial charge in [-0.1, -0.05) is 57.8 Å². The van der Waals surface area contributed by atoms with Crippen molar-refractivity contribution in [2.75, 3.05) is 19.8 Å². The van der Waals surface area contributed by atoms with Crippen LogP contribution < -0.4 is 0 Å². The Labute approximate surface area is 233 Å². The number of carbonyl (C=O) groups excluding carboxylic acids is 6. The maximum atomic E-state index is 12.0. The molecule has 1 rings (SSSR count). The average Bonchev–Trinajstić information content (AvgIpc) is 2.88. The van der Waals surface area contributed by atoms with E-state index in [-0.39, 0.29) is 56.4 Å². The first-order valence-electron chi connectivity index (χ1n) is 14.9. The van der Waals surface area contributed by atoms with E-state index in [1.807, 2.05) is 0 Å². The Morgan fingerprint density at radius 3 is 0.821 bits per heavy atom. The zero-order valence-corrected chi connectivity index (χ0v) is 23.6. The summed E-state index contributed by atoms with van der Waals surface area (Å²) in [6, 6.07) is 0. The standard InChI is InChI=1S/C30H48O9/c31-25-16-10-4-1-7-13-19-37-28(34)23-26(32)17-11-5-2-9-15-21-39-30(36)24-27(33)18-12-6-3-8-14-20-38-29(35)22-25/h1-24H2. The lowest BCUT2D eigenvalue weighted by Crippen LogP contribution is -2.12. The number of ether oxygens (including phenoxy) is 3. The zero-order valence-electron chi connectivity index (χ0n) is 23.6. The summed E-state index contributed by atoms with van der Waals surface area (Å²) in [5.41, 5.74) is 0. The van der Waals surface area contributed by atoms with Crippen LogP contribution in [0, 0.1) is 0 Å². The van der Waals surface area contributed by atoms with Gasteiger partial charge in [-0.3, -0.25) is 28.8 Å². The van der Waals surface area contributed by atoms with E-state index in [2.05, 4.69) is 0 Å². The Hall–Kier alpha value is -2.58.